The van der Waals surface area contributed by atoms with Crippen LogP contribution >= 0.6 is 7.75 Å². The number of amides is 3. The molecule has 0 saturated carbocycles. The van der Waals surface area contributed by atoms with Crippen LogP contribution in [0.3, 0.4) is 0 Å². The molecule has 4 N–H and O–H groups in total. The van der Waals surface area contributed by atoms with Crippen LogP contribution < -0.4 is 21.0 Å². The molecule has 0 fully saturated rings. The second-order valence-corrected chi connectivity index (χ2v) is 19.1. The summed E-state index contributed by atoms with van der Waals surface area (Å²) in [4.78, 5) is 81.8. The first-order chi connectivity index (χ1) is 35.8. The Kier molecular flexibility index (Phi) is 25.1. The monoisotopic (exact) mass is 1040 g/mol. The number of rotatable bonds is 33. The highest BCUT2D eigenvalue weighted by Gasteiger charge is 2.34. The van der Waals surface area contributed by atoms with E-state index in [9.17, 15) is 37.7 Å². The number of hydrogen-bond donors (Lipinski definition) is 4. The highest BCUT2D eigenvalue weighted by atomic mass is 31.2. The predicted octanol–water partition coefficient (Wildman–Crippen LogP) is 8.37. The Morgan fingerprint density at radius 1 is 0.554 bits per heavy atom. The molecular formula is C55H65FN5O12P. The summed E-state index contributed by atoms with van der Waals surface area (Å²) in [7, 11) is -4.29. The highest BCUT2D eigenvalue weighted by Crippen LogP contribution is 2.46. The fourth-order valence-electron chi connectivity index (χ4n) is 7.19. The van der Waals surface area contributed by atoms with Crippen LogP contribution in [0.4, 0.5) is 4.39 Å². The van der Waals surface area contributed by atoms with Gasteiger partial charge in [0.1, 0.15) is 31.9 Å². The fraction of sp³-hybridized carbons (Fsp3) is 0.364. The number of aromatic nitrogens is 1. The average Bonchev–Trinajstić information content (AvgIpc) is 3.42. The lowest BCUT2D eigenvalue weighted by molar-refractivity contribution is -0.150. The van der Waals surface area contributed by atoms with Gasteiger partial charge < -0.3 is 30.2 Å². The molecule has 0 spiro atoms. The number of esters is 3. The van der Waals surface area contributed by atoms with Gasteiger partial charge in [0, 0.05) is 38.0 Å². The third-order valence-electron chi connectivity index (χ3n) is 11.3. The Morgan fingerprint density at radius 2 is 1.08 bits per heavy atom. The molecule has 0 bridgehead atoms. The molecule has 394 valence electrons. The smallest absolute Gasteiger partial charge is 0.406 e. The van der Waals surface area contributed by atoms with Crippen LogP contribution in [0.15, 0.2) is 140 Å². The SMILES string of the molecule is C[C@H](CCCOP(=O)(N[C@@H](CCC(=O)OCc1ccccc1)C(=O)OCc1ccccc1)OCc1ccccc1)NC(=O)CC[C@H](NC(=O)CCCCCNC(=O)c1ccc(F)nc1)C(=O)OCc1ccccc1. The van der Waals surface area contributed by atoms with Gasteiger partial charge >= 0.3 is 25.7 Å². The van der Waals surface area contributed by atoms with Gasteiger partial charge in [0.2, 0.25) is 17.8 Å². The number of hydrogen-bond acceptors (Lipinski definition) is 13. The molecule has 0 aliphatic carbocycles. The first-order valence-electron chi connectivity index (χ1n) is 24.6. The van der Waals surface area contributed by atoms with E-state index in [1.807, 2.05) is 48.5 Å². The van der Waals surface area contributed by atoms with Crippen molar-refractivity contribution in [3.63, 3.8) is 0 Å². The Balaban J connectivity index is 1.12. The molecule has 19 heteroatoms. The van der Waals surface area contributed by atoms with E-state index >= 15 is 0 Å². The minimum absolute atomic E-state index is 0.0282. The number of halogens is 1. The number of carbonyl (C=O) groups excluding carboxylic acids is 6. The lowest BCUT2D eigenvalue weighted by Gasteiger charge is -2.25. The van der Waals surface area contributed by atoms with E-state index in [2.05, 4.69) is 26.0 Å². The van der Waals surface area contributed by atoms with Crippen LogP contribution in [0.25, 0.3) is 0 Å². The number of carbonyl (C=O) groups is 6. The molecule has 1 unspecified atom stereocenters. The van der Waals surface area contributed by atoms with Crippen molar-refractivity contribution >= 4 is 43.4 Å². The quantitative estimate of drug-likeness (QED) is 0.0102. The third kappa shape index (κ3) is 22.8. The summed E-state index contributed by atoms with van der Waals surface area (Å²) in [5.41, 5.74) is 3.17. The van der Waals surface area contributed by atoms with Crippen molar-refractivity contribution in [3.05, 3.63) is 173 Å². The summed E-state index contributed by atoms with van der Waals surface area (Å²) in [6.07, 6.45) is 3.00. The molecule has 3 amide bonds. The van der Waals surface area contributed by atoms with Crippen LogP contribution in [0.5, 0.6) is 0 Å². The molecule has 0 saturated heterocycles. The third-order valence-corrected chi connectivity index (χ3v) is 12.9. The molecule has 0 aliphatic rings. The van der Waals surface area contributed by atoms with Crippen molar-refractivity contribution in [1.29, 1.82) is 0 Å². The molecule has 1 aromatic heterocycles. The lowest BCUT2D eigenvalue weighted by Crippen LogP contribution is -2.43. The highest BCUT2D eigenvalue weighted by molar-refractivity contribution is 7.51. The summed E-state index contributed by atoms with van der Waals surface area (Å²) < 4.78 is 55.9. The zero-order valence-corrected chi connectivity index (χ0v) is 42.4. The topological polar surface area (TPSA) is 227 Å². The van der Waals surface area contributed by atoms with E-state index in [1.54, 1.807) is 79.7 Å². The average molecular weight is 1040 g/mol. The molecular weight excluding hydrogens is 973 g/mol. The van der Waals surface area contributed by atoms with Crippen molar-refractivity contribution < 1.29 is 61.0 Å². The van der Waals surface area contributed by atoms with Crippen molar-refractivity contribution in [2.75, 3.05) is 13.2 Å². The molecule has 4 atom stereocenters. The molecule has 74 heavy (non-hydrogen) atoms. The Bertz CT molecular complexity index is 2550. The van der Waals surface area contributed by atoms with Crippen molar-refractivity contribution in [2.24, 2.45) is 0 Å². The van der Waals surface area contributed by atoms with Crippen LogP contribution in [-0.2, 0) is 78.2 Å². The van der Waals surface area contributed by atoms with E-state index in [4.69, 9.17) is 23.3 Å². The van der Waals surface area contributed by atoms with E-state index in [-0.39, 0.29) is 82.5 Å². The molecule has 0 aliphatic heterocycles. The molecule has 4 aromatic carbocycles. The standard InChI is InChI=1S/C55H65FN5O12P/c1-41(59-51(63)32-29-47(54(66)70-38-43-21-9-3-10-22-43)60-50(62)27-15-6-16-34-57-53(65)46-28-31-49(56)58-36-46)18-17-35-72-74(68,73-40-45-25-13-5-14-26-45)61-48(55(67)71-39-44-23-11-4-12-24-44)30-33-52(64)69-37-42-19-7-2-8-20-42/h2-5,7-14,19-26,28,31,36,41,47-48H,6,15-18,27,29-30,32-35,37-40H2,1H3,(H,57,65)(H,59,63)(H,60,62)(H,61,68)/t41-,47+,48+,74?/m1/s1. The van der Waals surface area contributed by atoms with Gasteiger partial charge in [0.15, 0.2) is 0 Å². The van der Waals surface area contributed by atoms with Crippen molar-refractivity contribution in [1.82, 2.24) is 26.0 Å². The predicted molar refractivity (Wildman–Crippen MR) is 273 cm³/mol. The first kappa shape index (κ1) is 57.8. The zero-order chi connectivity index (χ0) is 52.8. The van der Waals surface area contributed by atoms with Crippen LogP contribution in [0.1, 0.15) is 104 Å². The second kappa shape index (κ2) is 32.2. The summed E-state index contributed by atoms with van der Waals surface area (Å²) in [5, 5.41) is 11.1. The lowest BCUT2D eigenvalue weighted by atomic mass is 10.1. The summed E-state index contributed by atoms with van der Waals surface area (Å²) >= 11 is 0. The Morgan fingerprint density at radius 3 is 1.65 bits per heavy atom. The largest absolute Gasteiger partial charge is 0.461 e. The van der Waals surface area contributed by atoms with Gasteiger partial charge in [-0.2, -0.15) is 4.39 Å². The fourth-order valence-corrected chi connectivity index (χ4v) is 8.72. The van der Waals surface area contributed by atoms with Crippen molar-refractivity contribution in [2.45, 2.75) is 116 Å². The molecule has 5 aromatic rings. The van der Waals surface area contributed by atoms with Gasteiger partial charge in [-0.15, -0.1) is 0 Å². The number of nitrogens with zero attached hydrogens (tertiary/aromatic N) is 1. The number of nitrogens with one attached hydrogen (secondary N) is 4. The van der Waals surface area contributed by atoms with E-state index < -0.39 is 55.6 Å². The van der Waals surface area contributed by atoms with Crippen LogP contribution in [0, 0.1) is 5.95 Å². The number of pyridine rings is 1. The normalized spacial score (nSPS) is 13.0. The second-order valence-electron chi connectivity index (χ2n) is 17.3. The maximum Gasteiger partial charge on any atom is 0.406 e. The number of unbranched alkanes of at least 4 members (excludes halogenated alkanes) is 2. The maximum absolute atomic E-state index is 14.5. The first-order valence-corrected chi connectivity index (χ1v) is 26.2. The molecule has 0 radical (unpaired) electrons. The minimum Gasteiger partial charge on any atom is -0.461 e. The van der Waals surface area contributed by atoms with E-state index in [0.29, 0.717) is 44.2 Å². The van der Waals surface area contributed by atoms with Gasteiger partial charge in [-0.05, 0) is 79.8 Å². The zero-order valence-electron chi connectivity index (χ0n) is 41.5. The summed E-state index contributed by atoms with van der Waals surface area (Å²) in [6, 6.07) is 35.8. The summed E-state index contributed by atoms with van der Waals surface area (Å²) in [5.74, 6) is -3.92. The Hall–Kier alpha value is -7.11. The van der Waals surface area contributed by atoms with E-state index in [1.165, 1.54) is 6.07 Å². The van der Waals surface area contributed by atoms with Gasteiger partial charge in [-0.25, -0.2) is 19.4 Å². The number of benzene rings is 4. The van der Waals surface area contributed by atoms with Crippen molar-refractivity contribution in [3.8, 4) is 0 Å². The van der Waals surface area contributed by atoms with Gasteiger partial charge in [-0.3, -0.25) is 33.0 Å². The van der Waals surface area contributed by atoms with Gasteiger partial charge in [0.25, 0.3) is 5.91 Å². The van der Waals surface area contributed by atoms with Gasteiger partial charge in [0.05, 0.1) is 18.8 Å². The minimum atomic E-state index is -4.29. The number of ether oxygens (including phenoxy) is 3. The molecule has 1 heterocycles. The summed E-state index contributed by atoms with van der Waals surface area (Å²) in [6.45, 7) is 1.79. The molecule has 17 nitrogen and oxygen atoms in total. The van der Waals surface area contributed by atoms with Crippen LogP contribution in [0.2, 0.25) is 0 Å². The van der Waals surface area contributed by atoms with Crippen LogP contribution in [-0.4, -0.2) is 71.9 Å². The maximum atomic E-state index is 14.5. The molecule has 5 rings (SSSR count). The Labute approximate surface area is 431 Å². The van der Waals surface area contributed by atoms with E-state index in [0.717, 1.165) is 29.0 Å². The van der Waals surface area contributed by atoms with Gasteiger partial charge in [-0.1, -0.05) is 128 Å².